The van der Waals surface area contributed by atoms with Gasteiger partial charge in [0.15, 0.2) is 0 Å². The molecule has 0 amide bonds. The number of nitrogens with one attached hydrogen (secondary N) is 1. The minimum atomic E-state index is -3.92. The van der Waals surface area contributed by atoms with Crippen LogP contribution in [-0.4, -0.2) is 33.1 Å². The molecular formula is C19H18N2O5S. The van der Waals surface area contributed by atoms with Crippen LogP contribution in [0.4, 0.5) is 5.69 Å². The standard InChI is InChI=1S/C19H18N2O5S/c1-3-26-19(22)14-9-10-15(16(12-14)25-2)21-27(23,24)17-8-4-6-13-7-5-11-20-18(13)17/h4-12,21H,3H2,1-2H3. The second-order valence-corrected chi connectivity index (χ2v) is 7.22. The van der Waals surface area contributed by atoms with E-state index < -0.39 is 16.0 Å². The Balaban J connectivity index is 1.99. The molecule has 0 bridgehead atoms. The summed E-state index contributed by atoms with van der Waals surface area (Å²) in [5.41, 5.74) is 0.844. The maximum Gasteiger partial charge on any atom is 0.338 e. The highest BCUT2D eigenvalue weighted by atomic mass is 32.2. The van der Waals surface area contributed by atoms with E-state index in [4.69, 9.17) is 9.47 Å². The zero-order valence-corrected chi connectivity index (χ0v) is 15.6. The predicted octanol–water partition coefficient (Wildman–Crippen LogP) is 3.22. The first-order valence-corrected chi connectivity index (χ1v) is 9.66. The van der Waals surface area contributed by atoms with Crippen LogP contribution < -0.4 is 9.46 Å². The van der Waals surface area contributed by atoms with Crippen LogP contribution in [0.5, 0.6) is 5.75 Å². The van der Waals surface area contributed by atoms with Crippen LogP contribution in [0.15, 0.2) is 59.6 Å². The number of esters is 1. The zero-order chi connectivity index (χ0) is 19.4. The molecule has 0 aliphatic carbocycles. The molecule has 0 spiro atoms. The van der Waals surface area contributed by atoms with Gasteiger partial charge in [-0.15, -0.1) is 0 Å². The number of aromatic nitrogens is 1. The first-order chi connectivity index (χ1) is 13.0. The molecule has 7 nitrogen and oxygen atoms in total. The second-order valence-electron chi connectivity index (χ2n) is 5.57. The minimum Gasteiger partial charge on any atom is -0.495 e. The number of carbonyl (C=O) groups is 1. The SMILES string of the molecule is CCOC(=O)c1ccc(NS(=O)(=O)c2cccc3cccnc23)c(OC)c1. The van der Waals surface area contributed by atoms with Crippen molar-refractivity contribution < 1.29 is 22.7 Å². The lowest BCUT2D eigenvalue weighted by Crippen LogP contribution is -2.15. The average molecular weight is 386 g/mol. The molecule has 0 radical (unpaired) electrons. The fourth-order valence-corrected chi connectivity index (χ4v) is 3.86. The number of fused-ring (bicyclic) bond motifs is 1. The smallest absolute Gasteiger partial charge is 0.338 e. The number of anilines is 1. The summed E-state index contributed by atoms with van der Waals surface area (Å²) < 4.78 is 38.5. The number of nitrogens with zero attached hydrogens (tertiary/aromatic N) is 1. The topological polar surface area (TPSA) is 94.6 Å². The number of para-hydroxylation sites is 1. The third-order valence-electron chi connectivity index (χ3n) is 3.84. The van der Waals surface area contributed by atoms with Gasteiger partial charge >= 0.3 is 5.97 Å². The molecule has 0 aliphatic heterocycles. The molecule has 1 heterocycles. The predicted molar refractivity (Wildman–Crippen MR) is 102 cm³/mol. The van der Waals surface area contributed by atoms with Crippen LogP contribution in [0.2, 0.25) is 0 Å². The maximum atomic E-state index is 12.9. The summed E-state index contributed by atoms with van der Waals surface area (Å²) in [6.07, 6.45) is 1.54. The van der Waals surface area contributed by atoms with Crippen molar-refractivity contribution >= 4 is 32.6 Å². The summed E-state index contributed by atoms with van der Waals surface area (Å²) in [4.78, 5) is 16.1. The van der Waals surface area contributed by atoms with Crippen molar-refractivity contribution in [2.24, 2.45) is 0 Å². The Hall–Kier alpha value is -3.13. The van der Waals surface area contributed by atoms with E-state index in [1.54, 1.807) is 31.2 Å². The van der Waals surface area contributed by atoms with E-state index in [1.807, 2.05) is 0 Å². The van der Waals surface area contributed by atoms with Gasteiger partial charge in [0, 0.05) is 11.6 Å². The van der Waals surface area contributed by atoms with Crippen LogP contribution in [0.1, 0.15) is 17.3 Å². The highest BCUT2D eigenvalue weighted by Crippen LogP contribution is 2.30. The molecule has 0 saturated heterocycles. The Bertz CT molecular complexity index is 1090. The zero-order valence-electron chi connectivity index (χ0n) is 14.8. The Morgan fingerprint density at radius 2 is 1.93 bits per heavy atom. The summed E-state index contributed by atoms with van der Waals surface area (Å²) in [6.45, 7) is 1.94. The Morgan fingerprint density at radius 3 is 2.67 bits per heavy atom. The third-order valence-corrected chi connectivity index (χ3v) is 5.24. The van der Waals surface area contributed by atoms with E-state index in [0.717, 1.165) is 0 Å². The first-order valence-electron chi connectivity index (χ1n) is 8.18. The molecule has 27 heavy (non-hydrogen) atoms. The number of rotatable bonds is 6. The van der Waals surface area contributed by atoms with Crippen molar-refractivity contribution in [1.29, 1.82) is 0 Å². The van der Waals surface area contributed by atoms with Gasteiger partial charge in [-0.3, -0.25) is 9.71 Å². The molecule has 0 aliphatic rings. The van der Waals surface area contributed by atoms with Crippen molar-refractivity contribution in [2.45, 2.75) is 11.8 Å². The van der Waals surface area contributed by atoms with Crippen LogP contribution in [0.25, 0.3) is 10.9 Å². The molecule has 0 atom stereocenters. The number of hydrogen-bond acceptors (Lipinski definition) is 6. The van der Waals surface area contributed by atoms with Crippen molar-refractivity contribution in [3.8, 4) is 5.75 Å². The summed E-state index contributed by atoms with van der Waals surface area (Å²) in [6, 6.07) is 12.8. The number of hydrogen-bond donors (Lipinski definition) is 1. The Labute approximate surface area is 157 Å². The van der Waals surface area contributed by atoms with Crippen LogP contribution >= 0.6 is 0 Å². The van der Waals surface area contributed by atoms with E-state index in [2.05, 4.69) is 9.71 Å². The van der Waals surface area contributed by atoms with Crippen molar-refractivity contribution in [3.63, 3.8) is 0 Å². The number of methoxy groups -OCH3 is 1. The minimum absolute atomic E-state index is 0.0529. The molecule has 3 aromatic rings. The van der Waals surface area contributed by atoms with Crippen LogP contribution in [0, 0.1) is 0 Å². The van der Waals surface area contributed by atoms with Crippen LogP contribution in [0.3, 0.4) is 0 Å². The van der Waals surface area contributed by atoms with Gasteiger partial charge in [-0.2, -0.15) is 0 Å². The molecule has 3 rings (SSSR count). The number of carbonyl (C=O) groups excluding carboxylic acids is 1. The largest absolute Gasteiger partial charge is 0.495 e. The second kappa shape index (κ2) is 7.63. The highest BCUT2D eigenvalue weighted by molar-refractivity contribution is 7.93. The fourth-order valence-electron chi connectivity index (χ4n) is 2.61. The van der Waals surface area contributed by atoms with Crippen LogP contribution in [-0.2, 0) is 14.8 Å². The van der Waals surface area contributed by atoms with Gasteiger partial charge in [-0.05, 0) is 37.3 Å². The molecule has 1 N–H and O–H groups in total. The fraction of sp³-hybridized carbons (Fsp3) is 0.158. The van der Waals surface area contributed by atoms with E-state index in [1.165, 1.54) is 37.6 Å². The monoisotopic (exact) mass is 386 g/mol. The molecule has 0 fully saturated rings. The molecule has 2 aromatic carbocycles. The normalized spacial score (nSPS) is 11.2. The number of sulfonamides is 1. The molecule has 0 unspecified atom stereocenters. The Kier molecular flexibility index (Phi) is 5.27. The van der Waals surface area contributed by atoms with E-state index in [9.17, 15) is 13.2 Å². The van der Waals surface area contributed by atoms with Crippen molar-refractivity contribution in [1.82, 2.24) is 4.98 Å². The van der Waals surface area contributed by atoms with Gasteiger partial charge in [-0.1, -0.05) is 18.2 Å². The van der Waals surface area contributed by atoms with E-state index in [-0.39, 0.29) is 28.5 Å². The van der Waals surface area contributed by atoms with Gasteiger partial charge < -0.3 is 9.47 Å². The van der Waals surface area contributed by atoms with Crippen molar-refractivity contribution in [3.05, 3.63) is 60.3 Å². The quantitative estimate of drug-likeness (QED) is 0.654. The summed E-state index contributed by atoms with van der Waals surface area (Å²) in [7, 11) is -2.53. The first kappa shape index (κ1) is 18.7. The van der Waals surface area contributed by atoms with Gasteiger partial charge in [0.1, 0.15) is 10.6 Å². The van der Waals surface area contributed by atoms with Gasteiger partial charge in [0.2, 0.25) is 0 Å². The van der Waals surface area contributed by atoms with Crippen molar-refractivity contribution in [2.75, 3.05) is 18.4 Å². The van der Waals surface area contributed by atoms with E-state index >= 15 is 0 Å². The van der Waals surface area contributed by atoms with Gasteiger partial charge in [0.25, 0.3) is 10.0 Å². The average Bonchev–Trinajstić information content (AvgIpc) is 2.67. The van der Waals surface area contributed by atoms with E-state index in [0.29, 0.717) is 10.9 Å². The maximum absolute atomic E-state index is 12.9. The molecule has 8 heteroatoms. The lowest BCUT2D eigenvalue weighted by Gasteiger charge is -2.14. The molecule has 1 aromatic heterocycles. The molecule has 0 saturated carbocycles. The highest BCUT2D eigenvalue weighted by Gasteiger charge is 2.21. The lowest BCUT2D eigenvalue weighted by atomic mass is 10.2. The number of pyridine rings is 1. The summed E-state index contributed by atoms with van der Waals surface area (Å²) in [5.74, 6) is -0.305. The number of benzene rings is 2. The number of ether oxygens (including phenoxy) is 2. The molecule has 140 valence electrons. The molecular weight excluding hydrogens is 368 g/mol. The Morgan fingerprint density at radius 1 is 1.15 bits per heavy atom. The van der Waals surface area contributed by atoms with Gasteiger partial charge in [-0.25, -0.2) is 13.2 Å². The third kappa shape index (κ3) is 3.85. The van der Waals surface area contributed by atoms with Gasteiger partial charge in [0.05, 0.1) is 30.5 Å². The lowest BCUT2D eigenvalue weighted by molar-refractivity contribution is 0.0526. The summed E-state index contributed by atoms with van der Waals surface area (Å²) in [5, 5.41) is 0.713. The summed E-state index contributed by atoms with van der Waals surface area (Å²) >= 11 is 0.